The predicted molar refractivity (Wildman–Crippen MR) is 115 cm³/mol. The highest BCUT2D eigenvalue weighted by Crippen LogP contribution is 2.31. The average molecular weight is 408 g/mol. The van der Waals surface area contributed by atoms with Crippen molar-refractivity contribution < 1.29 is 19.0 Å². The fourth-order valence-electron chi connectivity index (χ4n) is 3.21. The normalized spacial score (nSPS) is 11.1. The molecule has 0 saturated carbocycles. The van der Waals surface area contributed by atoms with E-state index in [1.807, 2.05) is 31.2 Å². The first kappa shape index (κ1) is 21.1. The van der Waals surface area contributed by atoms with E-state index in [9.17, 15) is 9.59 Å². The van der Waals surface area contributed by atoms with Crippen molar-refractivity contribution in [3.05, 3.63) is 69.3 Å². The Bertz CT molecular complexity index is 1160. The van der Waals surface area contributed by atoms with Gasteiger partial charge in [-0.3, -0.25) is 9.20 Å². The van der Waals surface area contributed by atoms with Crippen molar-refractivity contribution in [1.82, 2.24) is 9.38 Å². The molecule has 0 unspecified atom stereocenters. The molecule has 2 aromatic heterocycles. The summed E-state index contributed by atoms with van der Waals surface area (Å²) in [4.78, 5) is 29.7. The van der Waals surface area contributed by atoms with Gasteiger partial charge in [-0.15, -0.1) is 0 Å². The van der Waals surface area contributed by atoms with Crippen LogP contribution < -0.4 is 15.0 Å². The number of ether oxygens (including phenoxy) is 3. The van der Waals surface area contributed by atoms with Gasteiger partial charge in [-0.25, -0.2) is 9.78 Å². The van der Waals surface area contributed by atoms with Crippen molar-refractivity contribution in [3.8, 4) is 11.5 Å². The maximum Gasteiger partial charge on any atom is 0.339 e. The first-order chi connectivity index (χ1) is 14.5. The van der Waals surface area contributed by atoms with Crippen LogP contribution >= 0.6 is 0 Å². The Balaban J connectivity index is 2.09. The van der Waals surface area contributed by atoms with E-state index in [4.69, 9.17) is 14.2 Å². The summed E-state index contributed by atoms with van der Waals surface area (Å²) in [7, 11) is 3.16. The molecule has 0 radical (unpaired) electrons. The van der Waals surface area contributed by atoms with Crippen LogP contribution in [0.2, 0.25) is 0 Å². The molecule has 0 saturated heterocycles. The van der Waals surface area contributed by atoms with Gasteiger partial charge in [0.15, 0.2) is 11.5 Å². The molecule has 156 valence electrons. The summed E-state index contributed by atoms with van der Waals surface area (Å²) in [6, 6.07) is 8.81. The lowest BCUT2D eigenvalue weighted by Crippen LogP contribution is -2.22. The molecular weight excluding hydrogens is 384 g/mol. The lowest BCUT2D eigenvalue weighted by molar-refractivity contribution is 0.0525. The molecule has 3 aromatic rings. The van der Waals surface area contributed by atoms with Gasteiger partial charge < -0.3 is 14.2 Å². The highest BCUT2D eigenvalue weighted by Gasteiger charge is 2.13. The van der Waals surface area contributed by atoms with Crippen molar-refractivity contribution in [2.45, 2.75) is 20.3 Å². The average Bonchev–Trinajstić information content (AvgIpc) is 2.77. The Kier molecular flexibility index (Phi) is 6.51. The minimum atomic E-state index is -0.474. The van der Waals surface area contributed by atoms with E-state index >= 15 is 0 Å². The van der Waals surface area contributed by atoms with Crippen LogP contribution in [0.3, 0.4) is 0 Å². The Morgan fingerprint density at radius 2 is 1.90 bits per heavy atom. The largest absolute Gasteiger partial charge is 0.493 e. The van der Waals surface area contributed by atoms with E-state index in [0.29, 0.717) is 40.4 Å². The number of carbonyl (C=O) groups excluding carboxylic acids is 1. The monoisotopic (exact) mass is 408 g/mol. The third-order valence-corrected chi connectivity index (χ3v) is 4.67. The summed E-state index contributed by atoms with van der Waals surface area (Å²) in [5.74, 6) is 0.748. The van der Waals surface area contributed by atoms with Gasteiger partial charge in [0.2, 0.25) is 0 Å². The first-order valence-electron chi connectivity index (χ1n) is 9.65. The Morgan fingerprint density at radius 1 is 1.10 bits per heavy atom. The van der Waals surface area contributed by atoms with Crippen molar-refractivity contribution in [3.63, 3.8) is 0 Å². The van der Waals surface area contributed by atoms with E-state index in [2.05, 4.69) is 4.98 Å². The van der Waals surface area contributed by atoms with Gasteiger partial charge >= 0.3 is 5.97 Å². The molecule has 0 spiro atoms. The van der Waals surface area contributed by atoms with Gasteiger partial charge in [-0.1, -0.05) is 19.1 Å². The second-order valence-electron chi connectivity index (χ2n) is 6.42. The van der Waals surface area contributed by atoms with Gasteiger partial charge in [-0.05, 0) is 43.7 Å². The van der Waals surface area contributed by atoms with Crippen LogP contribution in [-0.4, -0.2) is 36.2 Å². The summed E-state index contributed by atoms with van der Waals surface area (Å²) < 4.78 is 17.2. The molecule has 30 heavy (non-hydrogen) atoms. The SMILES string of the molecule is CCOC(=O)c1ccc2nc(/C=C/c3cccc(OC)c3OC)c(CC)c(=O)n2c1. The molecule has 0 N–H and O–H groups in total. The molecule has 0 aliphatic rings. The number of methoxy groups -OCH3 is 2. The van der Waals surface area contributed by atoms with Crippen molar-refractivity contribution in [2.24, 2.45) is 0 Å². The van der Waals surface area contributed by atoms with E-state index < -0.39 is 5.97 Å². The van der Waals surface area contributed by atoms with Crippen LogP contribution in [0.4, 0.5) is 0 Å². The van der Waals surface area contributed by atoms with Crippen LogP contribution in [0, 0.1) is 0 Å². The van der Waals surface area contributed by atoms with Crippen LogP contribution in [0.5, 0.6) is 11.5 Å². The number of para-hydroxylation sites is 1. The summed E-state index contributed by atoms with van der Waals surface area (Å²) in [5, 5.41) is 0. The smallest absolute Gasteiger partial charge is 0.339 e. The highest BCUT2D eigenvalue weighted by atomic mass is 16.5. The zero-order valence-corrected chi connectivity index (χ0v) is 17.5. The van der Waals surface area contributed by atoms with Gasteiger partial charge in [-0.2, -0.15) is 0 Å². The highest BCUT2D eigenvalue weighted by molar-refractivity contribution is 5.89. The minimum absolute atomic E-state index is 0.217. The van der Waals surface area contributed by atoms with Gasteiger partial charge in [0.1, 0.15) is 5.65 Å². The van der Waals surface area contributed by atoms with Crippen LogP contribution in [0.15, 0.2) is 41.3 Å². The van der Waals surface area contributed by atoms with Crippen molar-refractivity contribution in [2.75, 3.05) is 20.8 Å². The number of aromatic nitrogens is 2. The van der Waals surface area contributed by atoms with Crippen molar-refractivity contribution >= 4 is 23.8 Å². The molecule has 0 bridgehead atoms. The zero-order valence-electron chi connectivity index (χ0n) is 17.5. The first-order valence-corrected chi connectivity index (χ1v) is 9.65. The van der Waals surface area contributed by atoms with Gasteiger partial charge in [0.05, 0.1) is 32.1 Å². The topological polar surface area (TPSA) is 79.1 Å². The molecule has 0 atom stereocenters. The molecule has 2 heterocycles. The van der Waals surface area contributed by atoms with E-state index in [0.717, 1.165) is 5.56 Å². The summed E-state index contributed by atoms with van der Waals surface area (Å²) in [5.41, 5.74) is 2.45. The van der Waals surface area contributed by atoms with Crippen LogP contribution in [0.1, 0.15) is 41.0 Å². The number of benzene rings is 1. The molecule has 0 fully saturated rings. The lowest BCUT2D eigenvalue weighted by atomic mass is 10.1. The molecule has 3 rings (SSSR count). The molecule has 0 aliphatic carbocycles. The fraction of sp³-hybridized carbons (Fsp3) is 0.261. The number of hydrogen-bond acceptors (Lipinski definition) is 6. The number of hydrogen-bond donors (Lipinski definition) is 0. The Hall–Kier alpha value is -3.61. The fourth-order valence-corrected chi connectivity index (χ4v) is 3.21. The summed E-state index contributed by atoms with van der Waals surface area (Å²) >= 11 is 0. The molecule has 7 heteroatoms. The maximum atomic E-state index is 13.0. The lowest BCUT2D eigenvalue weighted by Gasteiger charge is -2.11. The van der Waals surface area contributed by atoms with E-state index in [1.165, 1.54) is 10.6 Å². The van der Waals surface area contributed by atoms with Gasteiger partial charge in [0.25, 0.3) is 5.56 Å². The third kappa shape index (κ3) is 4.05. The number of esters is 1. The molecule has 1 aromatic carbocycles. The minimum Gasteiger partial charge on any atom is -0.493 e. The maximum absolute atomic E-state index is 13.0. The van der Waals surface area contributed by atoms with E-state index in [1.54, 1.807) is 39.4 Å². The van der Waals surface area contributed by atoms with Crippen LogP contribution in [0.25, 0.3) is 17.8 Å². The number of fused-ring (bicyclic) bond motifs is 1. The van der Waals surface area contributed by atoms with Crippen molar-refractivity contribution in [1.29, 1.82) is 0 Å². The molecule has 0 amide bonds. The molecular formula is C23H24N2O5. The molecule has 0 aliphatic heterocycles. The Labute approximate surface area is 174 Å². The predicted octanol–water partition coefficient (Wildman–Crippen LogP) is 3.62. The van der Waals surface area contributed by atoms with Gasteiger partial charge in [0, 0.05) is 17.3 Å². The second kappa shape index (κ2) is 9.26. The third-order valence-electron chi connectivity index (χ3n) is 4.67. The standard InChI is InChI=1S/C23H24N2O5/c1-5-17-18(12-10-15-8-7-9-19(28-3)21(15)29-4)24-20-13-11-16(23(27)30-6-2)14-25(20)22(17)26/h7-14H,5-6H2,1-4H3/b12-10+. The number of carbonyl (C=O) groups is 1. The second-order valence-corrected chi connectivity index (χ2v) is 6.42. The quantitative estimate of drug-likeness (QED) is 0.556. The number of pyridine rings is 1. The summed E-state index contributed by atoms with van der Waals surface area (Å²) in [6.07, 6.45) is 5.59. The number of rotatable bonds is 7. The number of nitrogens with zero attached hydrogens (tertiary/aromatic N) is 2. The molecule has 7 nitrogen and oxygen atoms in total. The summed E-state index contributed by atoms with van der Waals surface area (Å²) in [6.45, 7) is 3.89. The zero-order chi connectivity index (χ0) is 21.7. The van der Waals surface area contributed by atoms with Crippen LogP contribution in [-0.2, 0) is 11.2 Å². The van der Waals surface area contributed by atoms with E-state index in [-0.39, 0.29) is 12.2 Å². The Morgan fingerprint density at radius 3 is 2.57 bits per heavy atom.